The van der Waals surface area contributed by atoms with Crippen LogP contribution in [-0.2, 0) is 14.4 Å². The summed E-state index contributed by atoms with van der Waals surface area (Å²) in [6, 6.07) is 14.8. The number of benzene rings is 2. The van der Waals surface area contributed by atoms with Crippen molar-refractivity contribution in [2.24, 2.45) is 0 Å². The lowest BCUT2D eigenvalue weighted by Gasteiger charge is -2.11. The molecule has 2 amide bonds. The average molecular weight is 320 g/mol. The molecule has 2 atom stereocenters. The Morgan fingerprint density at radius 1 is 0.750 bits per heavy atom. The monoisotopic (exact) mass is 320 g/mol. The second-order valence-electron chi connectivity index (χ2n) is 6.21. The van der Waals surface area contributed by atoms with Gasteiger partial charge in [0.25, 0.3) is 0 Å². The van der Waals surface area contributed by atoms with Gasteiger partial charge in [0.15, 0.2) is 0 Å². The number of rotatable bonds is 4. The number of fused-ring (bicyclic) bond motifs is 2. The van der Waals surface area contributed by atoms with E-state index in [1.54, 1.807) is 0 Å². The Bertz CT molecular complexity index is 790. The lowest BCUT2D eigenvalue weighted by Crippen LogP contribution is -2.20. The number of hydrogen-bond acceptors (Lipinski definition) is 3. The second kappa shape index (κ2) is 5.60. The van der Waals surface area contributed by atoms with Gasteiger partial charge in [-0.15, -0.1) is 0 Å². The molecule has 2 N–H and O–H groups in total. The summed E-state index contributed by atoms with van der Waals surface area (Å²) in [6.07, 6.45) is 0.240. The van der Waals surface area contributed by atoms with E-state index in [2.05, 4.69) is 10.6 Å². The van der Waals surface area contributed by atoms with Crippen LogP contribution in [0, 0.1) is 0 Å². The van der Waals surface area contributed by atoms with Crippen molar-refractivity contribution < 1.29 is 14.4 Å². The van der Waals surface area contributed by atoms with E-state index in [-0.39, 0.29) is 30.4 Å². The zero-order chi connectivity index (χ0) is 16.7. The summed E-state index contributed by atoms with van der Waals surface area (Å²) in [5.41, 5.74) is 3.24. The number of carbonyl (C=O) groups excluding carboxylic acids is 3. The molecule has 0 radical (unpaired) electrons. The number of carbonyl (C=O) groups is 3. The molecule has 0 spiro atoms. The minimum Gasteiger partial charge on any atom is -0.325 e. The number of para-hydroxylation sites is 2. The maximum absolute atomic E-state index is 12.5. The summed E-state index contributed by atoms with van der Waals surface area (Å²) < 4.78 is 0. The summed E-state index contributed by atoms with van der Waals surface area (Å²) in [5, 5.41) is 5.60. The maximum Gasteiger partial charge on any atom is 0.232 e. The topological polar surface area (TPSA) is 75.3 Å². The highest BCUT2D eigenvalue weighted by atomic mass is 16.2. The highest BCUT2D eigenvalue weighted by molar-refractivity contribution is 6.07. The molecule has 2 aliphatic heterocycles. The molecule has 120 valence electrons. The molecule has 2 heterocycles. The molecule has 2 unspecified atom stereocenters. The van der Waals surface area contributed by atoms with Gasteiger partial charge in [-0.05, 0) is 23.3 Å². The third kappa shape index (κ3) is 2.38. The van der Waals surface area contributed by atoms with Crippen molar-refractivity contribution in [1.29, 1.82) is 0 Å². The zero-order valence-electron chi connectivity index (χ0n) is 12.9. The largest absolute Gasteiger partial charge is 0.325 e. The average Bonchev–Trinajstić information content (AvgIpc) is 3.05. The van der Waals surface area contributed by atoms with E-state index in [4.69, 9.17) is 0 Å². The number of hydrogen-bond donors (Lipinski definition) is 2. The lowest BCUT2D eigenvalue weighted by atomic mass is 9.89. The molecule has 2 aliphatic rings. The van der Waals surface area contributed by atoms with Crippen LogP contribution in [0.15, 0.2) is 48.5 Å². The van der Waals surface area contributed by atoms with E-state index >= 15 is 0 Å². The SMILES string of the molecule is O=C(CC1C(=O)Nc2ccccc21)CC1C(=O)Nc2ccccc21. The van der Waals surface area contributed by atoms with Gasteiger partial charge in [-0.2, -0.15) is 0 Å². The molecule has 5 nitrogen and oxygen atoms in total. The predicted molar refractivity (Wildman–Crippen MR) is 89.9 cm³/mol. The van der Waals surface area contributed by atoms with Gasteiger partial charge in [0.1, 0.15) is 5.78 Å². The molecular weight excluding hydrogens is 304 g/mol. The van der Waals surface area contributed by atoms with Gasteiger partial charge in [0.2, 0.25) is 11.8 Å². The highest BCUT2D eigenvalue weighted by Crippen LogP contribution is 2.38. The fourth-order valence-corrected chi connectivity index (χ4v) is 3.50. The van der Waals surface area contributed by atoms with Crippen LogP contribution in [0.25, 0.3) is 0 Å². The Hall–Kier alpha value is -2.95. The van der Waals surface area contributed by atoms with Crippen LogP contribution in [0.2, 0.25) is 0 Å². The first-order valence-electron chi connectivity index (χ1n) is 7.95. The van der Waals surface area contributed by atoms with Crippen molar-refractivity contribution in [3.05, 3.63) is 59.7 Å². The minimum absolute atomic E-state index is 0.0799. The molecule has 2 aromatic carbocycles. The summed E-state index contributed by atoms with van der Waals surface area (Å²) in [7, 11) is 0. The second-order valence-corrected chi connectivity index (χ2v) is 6.21. The molecule has 5 heteroatoms. The highest BCUT2D eigenvalue weighted by Gasteiger charge is 2.35. The normalized spacial score (nSPS) is 21.0. The number of amides is 2. The van der Waals surface area contributed by atoms with Crippen molar-refractivity contribution >= 4 is 29.0 Å². The Labute approximate surface area is 139 Å². The molecular formula is C19H16N2O3. The number of nitrogens with one attached hydrogen (secondary N) is 2. The van der Waals surface area contributed by atoms with Gasteiger partial charge in [-0.1, -0.05) is 36.4 Å². The van der Waals surface area contributed by atoms with Crippen molar-refractivity contribution in [3.63, 3.8) is 0 Å². The maximum atomic E-state index is 12.5. The fraction of sp³-hybridized carbons (Fsp3) is 0.211. The lowest BCUT2D eigenvalue weighted by molar-refractivity contribution is -0.125. The van der Waals surface area contributed by atoms with Crippen LogP contribution < -0.4 is 10.6 Å². The first-order chi connectivity index (χ1) is 11.6. The molecule has 24 heavy (non-hydrogen) atoms. The zero-order valence-corrected chi connectivity index (χ0v) is 12.9. The number of anilines is 2. The smallest absolute Gasteiger partial charge is 0.232 e. The van der Waals surface area contributed by atoms with Crippen LogP contribution in [0.4, 0.5) is 11.4 Å². The van der Waals surface area contributed by atoms with Crippen molar-refractivity contribution in [2.75, 3.05) is 10.6 Å². The standard InChI is InChI=1S/C19H16N2O3/c22-11(9-14-12-5-1-3-7-16(12)20-18(14)23)10-15-13-6-2-4-8-17(13)21-19(15)24/h1-8,14-15H,9-10H2,(H,20,23)(H,21,24). The van der Waals surface area contributed by atoms with Crippen LogP contribution >= 0.6 is 0 Å². The number of ketones is 1. The summed E-state index contributed by atoms with van der Waals surface area (Å²) in [6.45, 7) is 0. The minimum atomic E-state index is -0.464. The van der Waals surface area contributed by atoms with Crippen molar-refractivity contribution in [3.8, 4) is 0 Å². The molecule has 0 aliphatic carbocycles. The van der Waals surface area contributed by atoms with Crippen LogP contribution in [-0.4, -0.2) is 17.6 Å². The van der Waals surface area contributed by atoms with Crippen molar-refractivity contribution in [2.45, 2.75) is 24.7 Å². The Morgan fingerprint density at radius 2 is 1.17 bits per heavy atom. The summed E-state index contributed by atoms with van der Waals surface area (Å²) >= 11 is 0. The van der Waals surface area contributed by atoms with E-state index in [9.17, 15) is 14.4 Å². The molecule has 0 fully saturated rings. The number of Topliss-reactive ketones (excluding diaryl/α,β-unsaturated/α-hetero) is 1. The van der Waals surface area contributed by atoms with E-state index in [0.29, 0.717) is 0 Å². The van der Waals surface area contributed by atoms with Crippen LogP contribution in [0.5, 0.6) is 0 Å². The first kappa shape index (κ1) is 14.6. The predicted octanol–water partition coefficient (Wildman–Crippen LogP) is 2.81. The Balaban J connectivity index is 1.50. The molecule has 0 bridgehead atoms. The van der Waals surface area contributed by atoms with Gasteiger partial charge in [0.05, 0.1) is 11.8 Å². The summed E-state index contributed by atoms with van der Waals surface area (Å²) in [4.78, 5) is 36.8. The van der Waals surface area contributed by atoms with Gasteiger partial charge in [-0.3, -0.25) is 14.4 Å². The Morgan fingerprint density at radius 3 is 1.62 bits per heavy atom. The van der Waals surface area contributed by atoms with Crippen LogP contribution in [0.1, 0.15) is 35.8 Å². The van der Waals surface area contributed by atoms with Gasteiger partial charge < -0.3 is 10.6 Å². The van der Waals surface area contributed by atoms with Gasteiger partial charge >= 0.3 is 0 Å². The first-order valence-corrected chi connectivity index (χ1v) is 7.95. The third-order valence-electron chi connectivity index (χ3n) is 4.68. The molecule has 0 saturated heterocycles. The van der Waals surface area contributed by atoms with E-state index in [1.165, 1.54) is 0 Å². The quantitative estimate of drug-likeness (QED) is 0.909. The Kier molecular flexibility index (Phi) is 3.41. The van der Waals surface area contributed by atoms with Crippen LogP contribution in [0.3, 0.4) is 0 Å². The van der Waals surface area contributed by atoms with Crippen molar-refractivity contribution in [1.82, 2.24) is 0 Å². The fourth-order valence-electron chi connectivity index (χ4n) is 3.50. The molecule has 2 aromatic rings. The van der Waals surface area contributed by atoms with Gasteiger partial charge in [0, 0.05) is 24.2 Å². The molecule has 0 saturated carbocycles. The van der Waals surface area contributed by atoms with E-state index in [1.807, 2.05) is 48.5 Å². The summed E-state index contributed by atoms with van der Waals surface area (Å²) in [5.74, 6) is -1.31. The van der Waals surface area contributed by atoms with E-state index in [0.717, 1.165) is 22.5 Å². The third-order valence-corrected chi connectivity index (χ3v) is 4.68. The molecule has 4 rings (SSSR count). The van der Waals surface area contributed by atoms with Gasteiger partial charge in [-0.25, -0.2) is 0 Å². The molecule has 0 aromatic heterocycles. The van der Waals surface area contributed by atoms with E-state index < -0.39 is 11.8 Å².